The molecule has 0 aliphatic heterocycles. The molecule has 0 saturated carbocycles. The highest BCUT2D eigenvalue weighted by Crippen LogP contribution is 2.07. The van der Waals surface area contributed by atoms with Gasteiger partial charge >= 0.3 is 0 Å². The molecule has 0 saturated heterocycles. The van der Waals surface area contributed by atoms with Gasteiger partial charge in [0.25, 0.3) is 0 Å². The van der Waals surface area contributed by atoms with Crippen molar-refractivity contribution in [3.8, 4) is 0 Å². The van der Waals surface area contributed by atoms with Gasteiger partial charge in [0.1, 0.15) is 11.8 Å². The van der Waals surface area contributed by atoms with Gasteiger partial charge in [-0.2, -0.15) is 5.10 Å². The number of aryl methyl sites for hydroxylation is 1. The Morgan fingerprint density at radius 2 is 2.36 bits per heavy atom. The highest BCUT2D eigenvalue weighted by Gasteiger charge is 2.19. The molecule has 1 rings (SSSR count). The van der Waals surface area contributed by atoms with Crippen molar-refractivity contribution >= 4 is 5.78 Å². The number of Topliss-reactive ketones (excluding diaryl/α,β-unsaturated/α-hetero) is 1. The van der Waals surface area contributed by atoms with Crippen molar-refractivity contribution in [2.75, 3.05) is 0 Å². The van der Waals surface area contributed by atoms with E-state index in [1.54, 1.807) is 16.9 Å². The Labute approximate surface area is 83.5 Å². The van der Waals surface area contributed by atoms with Crippen molar-refractivity contribution in [3.63, 3.8) is 0 Å². The molecule has 0 radical (unpaired) electrons. The summed E-state index contributed by atoms with van der Waals surface area (Å²) in [6.07, 6.45) is 2.00. The molecule has 1 aromatic rings. The fraction of sp³-hybridized carbons (Fsp3) is 0.600. The Bertz CT molecular complexity index is 307. The lowest BCUT2D eigenvalue weighted by molar-refractivity contribution is 0.0718. The second-order valence-corrected chi connectivity index (χ2v) is 3.20. The van der Waals surface area contributed by atoms with E-state index < -0.39 is 6.10 Å². The minimum absolute atomic E-state index is 0.230. The third-order valence-electron chi connectivity index (χ3n) is 2.13. The molecule has 1 aromatic heterocycles. The van der Waals surface area contributed by atoms with Gasteiger partial charge in [0, 0.05) is 12.7 Å². The molecular weight excluding hydrogens is 180 g/mol. The zero-order valence-corrected chi connectivity index (χ0v) is 8.60. The minimum Gasteiger partial charge on any atom is -0.385 e. The van der Waals surface area contributed by atoms with Crippen molar-refractivity contribution in [1.82, 2.24) is 9.78 Å². The predicted molar refractivity (Wildman–Crippen MR) is 53.1 cm³/mol. The van der Waals surface area contributed by atoms with Gasteiger partial charge in [-0.3, -0.25) is 9.48 Å². The first kappa shape index (κ1) is 10.9. The standard InChI is InChI=1S/C10H16N2O2/c1-3-5-9(13)10(14)8-6-7-11-12(8)4-2/h6-7,9,13H,3-5H2,1-2H3. The molecule has 4 nitrogen and oxygen atoms in total. The maximum atomic E-state index is 11.7. The average molecular weight is 196 g/mol. The van der Waals surface area contributed by atoms with Crippen LogP contribution in [0.15, 0.2) is 12.3 Å². The molecular formula is C10H16N2O2. The predicted octanol–water partition coefficient (Wildman–Crippen LogP) is 1.25. The Kier molecular flexibility index (Phi) is 3.83. The van der Waals surface area contributed by atoms with E-state index in [9.17, 15) is 9.90 Å². The van der Waals surface area contributed by atoms with E-state index in [0.717, 1.165) is 6.42 Å². The molecule has 0 spiro atoms. The fourth-order valence-electron chi connectivity index (χ4n) is 1.37. The molecule has 0 bridgehead atoms. The van der Waals surface area contributed by atoms with E-state index in [4.69, 9.17) is 0 Å². The van der Waals surface area contributed by atoms with Crippen LogP contribution < -0.4 is 0 Å². The number of hydrogen-bond acceptors (Lipinski definition) is 3. The smallest absolute Gasteiger partial charge is 0.209 e. The Morgan fingerprint density at radius 1 is 1.64 bits per heavy atom. The molecule has 0 aromatic carbocycles. The zero-order chi connectivity index (χ0) is 10.6. The van der Waals surface area contributed by atoms with Crippen LogP contribution in [0, 0.1) is 0 Å². The van der Waals surface area contributed by atoms with Crippen LogP contribution in [0.25, 0.3) is 0 Å². The number of ketones is 1. The van der Waals surface area contributed by atoms with E-state index in [1.807, 2.05) is 13.8 Å². The van der Waals surface area contributed by atoms with E-state index >= 15 is 0 Å². The van der Waals surface area contributed by atoms with Crippen LogP contribution in [-0.2, 0) is 6.54 Å². The van der Waals surface area contributed by atoms with Crippen LogP contribution in [0.3, 0.4) is 0 Å². The summed E-state index contributed by atoms with van der Waals surface area (Å²) in [5.41, 5.74) is 0.494. The summed E-state index contributed by atoms with van der Waals surface area (Å²) in [4.78, 5) is 11.7. The van der Waals surface area contributed by atoms with Gasteiger partial charge in [-0.25, -0.2) is 0 Å². The summed E-state index contributed by atoms with van der Waals surface area (Å²) in [7, 11) is 0. The monoisotopic (exact) mass is 196 g/mol. The molecule has 78 valence electrons. The quantitative estimate of drug-likeness (QED) is 0.721. The van der Waals surface area contributed by atoms with Gasteiger partial charge in [0.05, 0.1) is 0 Å². The van der Waals surface area contributed by atoms with Crippen LogP contribution in [0.4, 0.5) is 0 Å². The Morgan fingerprint density at radius 3 is 2.93 bits per heavy atom. The van der Waals surface area contributed by atoms with Crippen LogP contribution in [-0.4, -0.2) is 26.8 Å². The van der Waals surface area contributed by atoms with Gasteiger partial charge in [-0.15, -0.1) is 0 Å². The van der Waals surface area contributed by atoms with Gasteiger partial charge < -0.3 is 5.11 Å². The van der Waals surface area contributed by atoms with Crippen LogP contribution in [0.5, 0.6) is 0 Å². The van der Waals surface area contributed by atoms with Crippen LogP contribution >= 0.6 is 0 Å². The van der Waals surface area contributed by atoms with Gasteiger partial charge in [0.15, 0.2) is 0 Å². The van der Waals surface area contributed by atoms with E-state index in [-0.39, 0.29) is 5.78 Å². The SMILES string of the molecule is CCCC(O)C(=O)c1ccnn1CC. The van der Waals surface area contributed by atoms with Crippen molar-refractivity contribution in [1.29, 1.82) is 0 Å². The summed E-state index contributed by atoms with van der Waals surface area (Å²) < 4.78 is 1.60. The zero-order valence-electron chi connectivity index (χ0n) is 8.60. The first-order valence-electron chi connectivity index (χ1n) is 4.94. The number of aliphatic hydroxyl groups excluding tert-OH is 1. The largest absolute Gasteiger partial charge is 0.385 e. The molecule has 0 amide bonds. The maximum absolute atomic E-state index is 11.7. The van der Waals surface area contributed by atoms with Crippen molar-refractivity contribution in [2.24, 2.45) is 0 Å². The highest BCUT2D eigenvalue weighted by molar-refractivity contribution is 5.97. The molecule has 1 unspecified atom stereocenters. The van der Waals surface area contributed by atoms with Gasteiger partial charge in [-0.05, 0) is 19.4 Å². The Hall–Kier alpha value is -1.16. The van der Waals surface area contributed by atoms with Crippen LogP contribution in [0.2, 0.25) is 0 Å². The molecule has 14 heavy (non-hydrogen) atoms. The number of rotatable bonds is 5. The molecule has 0 aliphatic carbocycles. The van der Waals surface area contributed by atoms with Crippen molar-refractivity contribution in [3.05, 3.63) is 18.0 Å². The number of carbonyl (C=O) groups excluding carboxylic acids is 1. The molecule has 1 N–H and O–H groups in total. The van der Waals surface area contributed by atoms with Crippen molar-refractivity contribution in [2.45, 2.75) is 39.3 Å². The lowest BCUT2D eigenvalue weighted by atomic mass is 10.1. The van der Waals surface area contributed by atoms with E-state index in [0.29, 0.717) is 18.7 Å². The van der Waals surface area contributed by atoms with E-state index in [1.165, 1.54) is 0 Å². The van der Waals surface area contributed by atoms with E-state index in [2.05, 4.69) is 5.10 Å². The first-order valence-corrected chi connectivity index (χ1v) is 4.94. The van der Waals surface area contributed by atoms with Crippen molar-refractivity contribution < 1.29 is 9.90 Å². The number of nitrogens with zero attached hydrogens (tertiary/aromatic N) is 2. The van der Waals surface area contributed by atoms with Crippen LogP contribution in [0.1, 0.15) is 37.2 Å². The third kappa shape index (κ3) is 2.20. The molecule has 1 atom stereocenters. The second kappa shape index (κ2) is 4.91. The summed E-state index contributed by atoms with van der Waals surface area (Å²) in [6.45, 7) is 4.50. The van der Waals surface area contributed by atoms with Gasteiger partial charge in [-0.1, -0.05) is 13.3 Å². The molecule has 1 heterocycles. The van der Waals surface area contributed by atoms with Gasteiger partial charge in [0.2, 0.25) is 5.78 Å². The summed E-state index contributed by atoms with van der Waals surface area (Å²) in [6, 6.07) is 1.64. The molecule has 0 fully saturated rings. The Balaban J connectivity index is 2.78. The number of carbonyl (C=O) groups is 1. The molecule has 4 heteroatoms. The average Bonchev–Trinajstić information content (AvgIpc) is 2.64. The third-order valence-corrected chi connectivity index (χ3v) is 2.13. The topological polar surface area (TPSA) is 55.1 Å². The fourth-order valence-corrected chi connectivity index (χ4v) is 1.37. The lowest BCUT2D eigenvalue weighted by Crippen LogP contribution is -2.23. The summed E-state index contributed by atoms with van der Waals surface area (Å²) >= 11 is 0. The number of aliphatic hydroxyl groups is 1. The highest BCUT2D eigenvalue weighted by atomic mass is 16.3. The molecule has 0 aliphatic rings. The normalized spacial score (nSPS) is 12.8. The maximum Gasteiger partial charge on any atom is 0.209 e. The second-order valence-electron chi connectivity index (χ2n) is 3.20. The lowest BCUT2D eigenvalue weighted by Gasteiger charge is -2.08. The first-order chi connectivity index (χ1) is 6.70. The number of aromatic nitrogens is 2. The summed E-state index contributed by atoms with van der Waals surface area (Å²) in [5, 5.41) is 13.5. The minimum atomic E-state index is -0.887. The summed E-state index contributed by atoms with van der Waals surface area (Å²) in [5.74, 6) is -0.230. The number of hydrogen-bond donors (Lipinski definition) is 1.